The average Bonchev–Trinajstić information content (AvgIpc) is 2.37. The number of aliphatic hydroxyl groups is 1. The lowest BCUT2D eigenvalue weighted by Gasteiger charge is -2.10. The predicted octanol–water partition coefficient (Wildman–Crippen LogP) is 2.87. The summed E-state index contributed by atoms with van der Waals surface area (Å²) in [5.74, 6) is 0.808. The van der Waals surface area contributed by atoms with Crippen LogP contribution in [0.1, 0.15) is 24.6 Å². The van der Waals surface area contributed by atoms with Crippen LogP contribution in [0.5, 0.6) is 5.75 Å². The number of hydrogen-bond donors (Lipinski definition) is 1. The number of hydrogen-bond acceptors (Lipinski definition) is 3. The van der Waals surface area contributed by atoms with Crippen molar-refractivity contribution in [3.05, 3.63) is 35.5 Å². The zero-order valence-electron chi connectivity index (χ0n) is 11.1. The van der Waals surface area contributed by atoms with Gasteiger partial charge in [0.05, 0.1) is 18.7 Å². The Kier molecular flexibility index (Phi) is 3.82. The number of rotatable bonds is 4. The van der Waals surface area contributed by atoms with Gasteiger partial charge in [-0.3, -0.25) is 4.98 Å². The molecule has 18 heavy (non-hydrogen) atoms. The van der Waals surface area contributed by atoms with Gasteiger partial charge in [0, 0.05) is 23.6 Å². The average molecular weight is 245 g/mol. The van der Waals surface area contributed by atoms with E-state index in [2.05, 4.69) is 11.9 Å². The van der Waals surface area contributed by atoms with Crippen molar-refractivity contribution in [2.75, 3.05) is 7.11 Å². The first kappa shape index (κ1) is 12.8. The molecule has 2 rings (SSSR count). The van der Waals surface area contributed by atoms with E-state index in [1.807, 2.05) is 31.2 Å². The molecule has 1 aromatic heterocycles. The van der Waals surface area contributed by atoms with E-state index in [4.69, 9.17) is 4.74 Å². The van der Waals surface area contributed by atoms with E-state index >= 15 is 0 Å². The van der Waals surface area contributed by atoms with Crippen molar-refractivity contribution < 1.29 is 9.84 Å². The van der Waals surface area contributed by atoms with Crippen LogP contribution in [0.4, 0.5) is 0 Å². The summed E-state index contributed by atoms with van der Waals surface area (Å²) in [4.78, 5) is 4.59. The Morgan fingerprint density at radius 2 is 2.11 bits per heavy atom. The number of aromatic nitrogens is 1. The van der Waals surface area contributed by atoms with Crippen molar-refractivity contribution in [2.24, 2.45) is 0 Å². The number of nitrogens with zero attached hydrogens (tertiary/aromatic N) is 1. The van der Waals surface area contributed by atoms with Gasteiger partial charge in [-0.2, -0.15) is 0 Å². The highest BCUT2D eigenvalue weighted by atomic mass is 16.5. The van der Waals surface area contributed by atoms with E-state index in [1.54, 1.807) is 7.11 Å². The summed E-state index contributed by atoms with van der Waals surface area (Å²) in [6.07, 6.45) is 1.03. The summed E-state index contributed by atoms with van der Waals surface area (Å²) >= 11 is 0. The standard InChI is InChI=1S/C15H19NO2/c1-4-12(17)8-11-7-10(2)14-6-5-13(18-3)9-15(14)16-11/h5-7,9,12,17H,4,8H2,1-3H3/t12-/m0/s1. The van der Waals surface area contributed by atoms with Crippen LogP contribution < -0.4 is 4.74 Å². The zero-order valence-corrected chi connectivity index (χ0v) is 11.1. The van der Waals surface area contributed by atoms with E-state index in [0.29, 0.717) is 6.42 Å². The molecular weight excluding hydrogens is 226 g/mol. The van der Waals surface area contributed by atoms with E-state index in [1.165, 1.54) is 5.56 Å². The Labute approximate surface area is 107 Å². The van der Waals surface area contributed by atoms with Crippen molar-refractivity contribution in [1.82, 2.24) is 4.98 Å². The SMILES string of the molecule is CC[C@H](O)Cc1cc(C)c2ccc(OC)cc2n1. The number of pyridine rings is 1. The summed E-state index contributed by atoms with van der Waals surface area (Å²) in [7, 11) is 1.65. The van der Waals surface area contributed by atoms with Crippen LogP contribution in [0.3, 0.4) is 0 Å². The van der Waals surface area contributed by atoms with Gasteiger partial charge in [0.25, 0.3) is 0 Å². The Morgan fingerprint density at radius 1 is 1.33 bits per heavy atom. The van der Waals surface area contributed by atoms with Crippen LogP contribution >= 0.6 is 0 Å². The fourth-order valence-corrected chi connectivity index (χ4v) is 2.07. The molecule has 0 saturated heterocycles. The molecule has 0 aliphatic rings. The number of aliphatic hydroxyl groups excluding tert-OH is 1. The lowest BCUT2D eigenvalue weighted by molar-refractivity contribution is 0.169. The number of ether oxygens (including phenoxy) is 1. The van der Waals surface area contributed by atoms with E-state index in [0.717, 1.165) is 28.8 Å². The molecule has 1 N–H and O–H groups in total. The minimum absolute atomic E-state index is 0.319. The first-order valence-electron chi connectivity index (χ1n) is 6.26. The summed E-state index contributed by atoms with van der Waals surface area (Å²) in [6.45, 7) is 4.04. The van der Waals surface area contributed by atoms with Gasteiger partial charge in [0.2, 0.25) is 0 Å². The first-order valence-corrected chi connectivity index (χ1v) is 6.26. The third-order valence-corrected chi connectivity index (χ3v) is 3.19. The van der Waals surface area contributed by atoms with Crippen molar-refractivity contribution in [3.63, 3.8) is 0 Å². The number of benzene rings is 1. The van der Waals surface area contributed by atoms with Gasteiger partial charge < -0.3 is 9.84 Å². The Hall–Kier alpha value is -1.61. The first-order chi connectivity index (χ1) is 8.63. The van der Waals surface area contributed by atoms with Gasteiger partial charge in [-0.05, 0) is 37.1 Å². The predicted molar refractivity (Wildman–Crippen MR) is 73.0 cm³/mol. The minimum Gasteiger partial charge on any atom is -0.497 e. The van der Waals surface area contributed by atoms with Gasteiger partial charge in [-0.15, -0.1) is 0 Å². The number of methoxy groups -OCH3 is 1. The lowest BCUT2D eigenvalue weighted by atomic mass is 10.1. The molecule has 0 radical (unpaired) electrons. The van der Waals surface area contributed by atoms with Crippen LogP contribution in [0.25, 0.3) is 10.9 Å². The maximum atomic E-state index is 9.71. The van der Waals surface area contributed by atoms with Gasteiger partial charge in [-0.1, -0.05) is 6.92 Å². The zero-order chi connectivity index (χ0) is 13.1. The molecular formula is C15H19NO2. The third-order valence-electron chi connectivity index (χ3n) is 3.19. The van der Waals surface area contributed by atoms with Crippen LogP contribution in [-0.2, 0) is 6.42 Å². The Bertz CT molecular complexity index is 551. The summed E-state index contributed by atoms with van der Waals surface area (Å²) in [6, 6.07) is 7.95. The smallest absolute Gasteiger partial charge is 0.121 e. The summed E-state index contributed by atoms with van der Waals surface area (Å²) in [5, 5.41) is 10.8. The fraction of sp³-hybridized carbons (Fsp3) is 0.400. The van der Waals surface area contributed by atoms with Gasteiger partial charge in [0.1, 0.15) is 5.75 Å². The molecule has 1 aromatic carbocycles. The van der Waals surface area contributed by atoms with Gasteiger partial charge in [-0.25, -0.2) is 0 Å². The highest BCUT2D eigenvalue weighted by molar-refractivity contribution is 5.83. The van der Waals surface area contributed by atoms with Gasteiger partial charge in [0.15, 0.2) is 0 Å². The molecule has 3 nitrogen and oxygen atoms in total. The van der Waals surface area contributed by atoms with Crippen molar-refractivity contribution in [1.29, 1.82) is 0 Å². The second kappa shape index (κ2) is 5.36. The quantitative estimate of drug-likeness (QED) is 0.900. The highest BCUT2D eigenvalue weighted by Crippen LogP contribution is 2.23. The molecule has 0 bridgehead atoms. The summed E-state index contributed by atoms with van der Waals surface area (Å²) < 4.78 is 5.21. The summed E-state index contributed by atoms with van der Waals surface area (Å²) in [5.41, 5.74) is 3.04. The molecule has 0 amide bonds. The largest absolute Gasteiger partial charge is 0.497 e. The molecule has 0 fully saturated rings. The number of aryl methyl sites for hydroxylation is 1. The Morgan fingerprint density at radius 3 is 2.78 bits per heavy atom. The second-order valence-electron chi connectivity index (χ2n) is 4.58. The maximum Gasteiger partial charge on any atom is 0.121 e. The monoisotopic (exact) mass is 245 g/mol. The van der Waals surface area contributed by atoms with Crippen molar-refractivity contribution in [2.45, 2.75) is 32.8 Å². The van der Waals surface area contributed by atoms with Crippen LogP contribution in [0, 0.1) is 6.92 Å². The Balaban J connectivity index is 2.45. The van der Waals surface area contributed by atoms with Gasteiger partial charge >= 0.3 is 0 Å². The fourth-order valence-electron chi connectivity index (χ4n) is 2.07. The van der Waals surface area contributed by atoms with E-state index < -0.39 is 0 Å². The molecule has 2 aromatic rings. The van der Waals surface area contributed by atoms with E-state index in [9.17, 15) is 5.11 Å². The molecule has 0 aliphatic heterocycles. The molecule has 3 heteroatoms. The minimum atomic E-state index is -0.319. The molecule has 0 spiro atoms. The maximum absolute atomic E-state index is 9.71. The molecule has 1 atom stereocenters. The molecule has 0 unspecified atom stereocenters. The normalized spacial score (nSPS) is 12.7. The topological polar surface area (TPSA) is 42.4 Å². The van der Waals surface area contributed by atoms with Crippen LogP contribution in [-0.4, -0.2) is 23.3 Å². The molecule has 0 saturated carbocycles. The molecule has 0 aliphatic carbocycles. The van der Waals surface area contributed by atoms with Crippen LogP contribution in [0.2, 0.25) is 0 Å². The lowest BCUT2D eigenvalue weighted by Crippen LogP contribution is -2.10. The third kappa shape index (κ3) is 2.62. The molecule has 96 valence electrons. The second-order valence-corrected chi connectivity index (χ2v) is 4.58. The van der Waals surface area contributed by atoms with E-state index in [-0.39, 0.29) is 6.10 Å². The highest BCUT2D eigenvalue weighted by Gasteiger charge is 2.08. The van der Waals surface area contributed by atoms with Crippen molar-refractivity contribution in [3.8, 4) is 5.75 Å². The van der Waals surface area contributed by atoms with Crippen molar-refractivity contribution >= 4 is 10.9 Å². The number of fused-ring (bicyclic) bond motifs is 1. The van der Waals surface area contributed by atoms with Crippen LogP contribution in [0.15, 0.2) is 24.3 Å². The molecule has 1 heterocycles.